The van der Waals surface area contributed by atoms with E-state index in [1.54, 1.807) is 10.5 Å². The molecule has 0 radical (unpaired) electrons. The summed E-state index contributed by atoms with van der Waals surface area (Å²) in [7, 11) is 2.10. The van der Waals surface area contributed by atoms with Crippen molar-refractivity contribution in [1.82, 2.24) is 34.1 Å². The Morgan fingerprint density at radius 1 is 1.07 bits per heavy atom. The lowest BCUT2D eigenvalue weighted by molar-refractivity contribution is 0.195. The summed E-state index contributed by atoms with van der Waals surface area (Å²) in [6.45, 7) is 8.84. The zero-order chi connectivity index (χ0) is 21.0. The smallest absolute Gasteiger partial charge is 0.178 e. The van der Waals surface area contributed by atoms with Gasteiger partial charge in [0.25, 0.3) is 0 Å². The molecular weight excluding hydrogens is 383 g/mol. The minimum Gasteiger partial charge on any atom is -0.352 e. The third kappa shape index (κ3) is 3.28. The maximum atomic E-state index is 13.4. The number of pyridine rings is 1. The highest BCUT2D eigenvalue weighted by molar-refractivity contribution is 5.48. The van der Waals surface area contributed by atoms with Crippen LogP contribution in [-0.4, -0.2) is 60.3 Å². The van der Waals surface area contributed by atoms with E-state index in [-0.39, 0.29) is 11.2 Å². The SMILES string of the molecule is CN(Cc1cn2cc(F)ccc2n1)C1CN(c2ccc3nnc(C(C)(C)C)n3n2)C1. The zero-order valence-corrected chi connectivity index (χ0v) is 17.6. The predicted octanol–water partition coefficient (Wildman–Crippen LogP) is 2.53. The van der Waals surface area contributed by atoms with E-state index in [2.05, 4.69) is 52.8 Å². The van der Waals surface area contributed by atoms with Gasteiger partial charge in [0.1, 0.15) is 17.3 Å². The summed E-state index contributed by atoms with van der Waals surface area (Å²) < 4.78 is 17.0. The number of fused-ring (bicyclic) bond motifs is 2. The van der Waals surface area contributed by atoms with Crippen molar-refractivity contribution in [2.75, 3.05) is 25.0 Å². The molecule has 1 aliphatic rings. The number of nitrogens with zero attached hydrogens (tertiary/aromatic N) is 8. The molecule has 0 aromatic carbocycles. The van der Waals surface area contributed by atoms with Crippen LogP contribution in [-0.2, 0) is 12.0 Å². The molecule has 5 rings (SSSR count). The van der Waals surface area contributed by atoms with Gasteiger partial charge in [-0.25, -0.2) is 9.37 Å². The fraction of sp³-hybridized carbons (Fsp3) is 0.429. The summed E-state index contributed by atoms with van der Waals surface area (Å²) >= 11 is 0. The number of imidazole rings is 1. The van der Waals surface area contributed by atoms with Crippen LogP contribution in [0, 0.1) is 5.82 Å². The molecular formula is C21H25FN8. The topological polar surface area (TPSA) is 66.9 Å². The second kappa shape index (κ2) is 6.73. The minimum absolute atomic E-state index is 0.125. The van der Waals surface area contributed by atoms with E-state index in [1.165, 1.54) is 12.3 Å². The van der Waals surface area contributed by atoms with E-state index < -0.39 is 0 Å². The lowest BCUT2D eigenvalue weighted by atomic mass is 9.96. The molecule has 0 N–H and O–H groups in total. The molecule has 4 aromatic heterocycles. The fourth-order valence-electron chi connectivity index (χ4n) is 3.81. The van der Waals surface area contributed by atoms with Crippen LogP contribution in [0.15, 0.2) is 36.7 Å². The van der Waals surface area contributed by atoms with Gasteiger partial charge in [0.2, 0.25) is 0 Å². The van der Waals surface area contributed by atoms with Crippen LogP contribution in [0.2, 0.25) is 0 Å². The Morgan fingerprint density at radius 2 is 1.83 bits per heavy atom. The molecule has 0 amide bonds. The van der Waals surface area contributed by atoms with Crippen molar-refractivity contribution in [2.24, 2.45) is 0 Å². The molecule has 1 fully saturated rings. The Labute approximate surface area is 174 Å². The van der Waals surface area contributed by atoms with Crippen molar-refractivity contribution >= 4 is 17.1 Å². The van der Waals surface area contributed by atoms with Gasteiger partial charge in [-0.05, 0) is 31.3 Å². The molecule has 1 aliphatic heterocycles. The van der Waals surface area contributed by atoms with E-state index in [0.717, 1.165) is 41.7 Å². The molecule has 9 heteroatoms. The quantitative estimate of drug-likeness (QED) is 0.517. The standard InChI is InChI=1S/C21H25FN8/c1-21(2,3)20-25-24-18-7-8-19(26-30(18)20)29-12-16(13-29)27(4)10-15-11-28-9-14(22)5-6-17(28)23-15/h5-9,11,16H,10,12-13H2,1-4H3. The highest BCUT2D eigenvalue weighted by Crippen LogP contribution is 2.25. The molecule has 0 bridgehead atoms. The first-order chi connectivity index (χ1) is 14.3. The van der Waals surface area contributed by atoms with Crippen LogP contribution in [0.25, 0.3) is 11.3 Å². The average Bonchev–Trinajstić information content (AvgIpc) is 3.22. The van der Waals surface area contributed by atoms with Gasteiger partial charge in [-0.1, -0.05) is 20.8 Å². The zero-order valence-electron chi connectivity index (χ0n) is 17.6. The number of halogens is 1. The van der Waals surface area contributed by atoms with Crippen molar-refractivity contribution in [3.05, 3.63) is 54.0 Å². The summed E-state index contributed by atoms with van der Waals surface area (Å²) in [6, 6.07) is 7.51. The van der Waals surface area contributed by atoms with Crippen molar-refractivity contribution in [2.45, 2.75) is 38.8 Å². The van der Waals surface area contributed by atoms with Crippen LogP contribution >= 0.6 is 0 Å². The Balaban J connectivity index is 1.27. The number of hydrogen-bond acceptors (Lipinski definition) is 6. The van der Waals surface area contributed by atoms with Gasteiger partial charge in [-0.3, -0.25) is 4.90 Å². The largest absolute Gasteiger partial charge is 0.352 e. The molecule has 1 saturated heterocycles. The summed E-state index contributed by atoms with van der Waals surface area (Å²) in [5, 5.41) is 13.3. The number of likely N-dealkylation sites (N-methyl/N-ethyl adjacent to an activating group) is 1. The molecule has 0 unspecified atom stereocenters. The lowest BCUT2D eigenvalue weighted by Crippen LogP contribution is -2.58. The van der Waals surface area contributed by atoms with E-state index in [1.807, 2.05) is 22.8 Å². The number of aromatic nitrogens is 6. The normalized spacial score (nSPS) is 15.5. The Kier molecular flexibility index (Phi) is 4.25. The Hall–Kier alpha value is -3.07. The summed E-state index contributed by atoms with van der Waals surface area (Å²) in [5.74, 6) is 1.53. The van der Waals surface area contributed by atoms with Crippen LogP contribution in [0.3, 0.4) is 0 Å². The highest BCUT2D eigenvalue weighted by atomic mass is 19.1. The van der Waals surface area contributed by atoms with Crippen molar-refractivity contribution in [3.8, 4) is 0 Å². The first-order valence-corrected chi connectivity index (χ1v) is 10.1. The number of hydrogen-bond donors (Lipinski definition) is 0. The van der Waals surface area contributed by atoms with Gasteiger partial charge in [-0.15, -0.1) is 15.3 Å². The van der Waals surface area contributed by atoms with Crippen LogP contribution < -0.4 is 4.90 Å². The lowest BCUT2D eigenvalue weighted by Gasteiger charge is -2.44. The predicted molar refractivity (Wildman–Crippen MR) is 112 cm³/mol. The van der Waals surface area contributed by atoms with Gasteiger partial charge in [0.15, 0.2) is 11.5 Å². The van der Waals surface area contributed by atoms with Crippen LogP contribution in [0.4, 0.5) is 10.2 Å². The fourth-order valence-corrected chi connectivity index (χ4v) is 3.81. The Morgan fingerprint density at radius 3 is 2.60 bits per heavy atom. The molecule has 156 valence electrons. The molecule has 8 nitrogen and oxygen atoms in total. The van der Waals surface area contributed by atoms with Crippen molar-refractivity contribution in [1.29, 1.82) is 0 Å². The van der Waals surface area contributed by atoms with E-state index in [9.17, 15) is 4.39 Å². The van der Waals surface area contributed by atoms with Gasteiger partial charge in [0.05, 0.1) is 5.69 Å². The molecule has 30 heavy (non-hydrogen) atoms. The summed E-state index contributed by atoms with van der Waals surface area (Å²) in [6.07, 6.45) is 3.34. The molecule has 0 saturated carbocycles. The van der Waals surface area contributed by atoms with Crippen LogP contribution in [0.1, 0.15) is 32.3 Å². The average molecular weight is 408 g/mol. The van der Waals surface area contributed by atoms with Gasteiger partial charge in [-0.2, -0.15) is 4.52 Å². The van der Waals surface area contributed by atoms with E-state index in [4.69, 9.17) is 5.10 Å². The van der Waals surface area contributed by atoms with Gasteiger partial charge < -0.3 is 9.30 Å². The maximum absolute atomic E-state index is 13.4. The maximum Gasteiger partial charge on any atom is 0.178 e. The second-order valence-corrected chi connectivity index (χ2v) is 9.05. The second-order valence-electron chi connectivity index (χ2n) is 9.05. The minimum atomic E-state index is -0.262. The third-order valence-corrected chi connectivity index (χ3v) is 5.61. The van der Waals surface area contributed by atoms with Crippen molar-refractivity contribution < 1.29 is 4.39 Å². The molecule has 5 heterocycles. The Bertz CT molecular complexity index is 1210. The first kappa shape index (κ1) is 18.9. The van der Waals surface area contributed by atoms with E-state index in [0.29, 0.717) is 12.6 Å². The summed E-state index contributed by atoms with van der Waals surface area (Å²) in [4.78, 5) is 9.12. The monoisotopic (exact) mass is 408 g/mol. The summed E-state index contributed by atoms with van der Waals surface area (Å²) in [5.41, 5.74) is 2.33. The van der Waals surface area contributed by atoms with E-state index >= 15 is 0 Å². The molecule has 4 aromatic rings. The highest BCUT2D eigenvalue weighted by Gasteiger charge is 2.32. The number of rotatable bonds is 4. The van der Waals surface area contributed by atoms with Crippen LogP contribution in [0.5, 0.6) is 0 Å². The third-order valence-electron chi connectivity index (χ3n) is 5.61. The molecule has 0 spiro atoms. The first-order valence-electron chi connectivity index (χ1n) is 10.1. The van der Waals surface area contributed by atoms with Gasteiger partial charge >= 0.3 is 0 Å². The number of anilines is 1. The molecule has 0 atom stereocenters. The van der Waals surface area contributed by atoms with Crippen molar-refractivity contribution in [3.63, 3.8) is 0 Å². The van der Waals surface area contributed by atoms with Gasteiger partial charge in [0, 0.05) is 43.5 Å². The molecule has 0 aliphatic carbocycles.